The van der Waals surface area contributed by atoms with Gasteiger partial charge in [-0.15, -0.1) is 0 Å². The van der Waals surface area contributed by atoms with Crippen molar-refractivity contribution in [2.75, 3.05) is 0 Å². The highest BCUT2D eigenvalue weighted by molar-refractivity contribution is 5.50. The highest BCUT2D eigenvalue weighted by Crippen LogP contribution is 2.39. The number of aromatic hydroxyl groups is 1. The van der Waals surface area contributed by atoms with Gasteiger partial charge in [0.1, 0.15) is 5.75 Å². The fourth-order valence-electron chi connectivity index (χ4n) is 9.20. The van der Waals surface area contributed by atoms with Crippen molar-refractivity contribution in [3.63, 3.8) is 0 Å². The molecule has 1 N–H and O–H groups in total. The van der Waals surface area contributed by atoms with E-state index < -0.39 is 0 Å². The van der Waals surface area contributed by atoms with Crippen LogP contribution in [-0.2, 0) is 57.8 Å². The molecule has 52 heavy (non-hydrogen) atoms. The van der Waals surface area contributed by atoms with Crippen LogP contribution in [0.4, 0.5) is 0 Å². The van der Waals surface area contributed by atoms with Crippen LogP contribution in [0, 0.1) is 0 Å². The number of phenolic OH excluding ortho intramolecular Hbond substituents is 1. The van der Waals surface area contributed by atoms with Crippen LogP contribution >= 0.6 is 0 Å². The number of rotatable bonds is 21. The quantitative estimate of drug-likeness (QED) is 0.0917. The van der Waals surface area contributed by atoms with E-state index in [4.69, 9.17) is 0 Å². The van der Waals surface area contributed by atoms with Gasteiger partial charge < -0.3 is 5.11 Å². The predicted octanol–water partition coefficient (Wildman–Crippen LogP) is 14.1. The zero-order valence-electron chi connectivity index (χ0n) is 34.6. The Morgan fingerprint density at radius 2 is 0.712 bits per heavy atom. The summed E-state index contributed by atoms with van der Waals surface area (Å²) in [7, 11) is 0. The summed E-state index contributed by atoms with van der Waals surface area (Å²) in [5.74, 6) is 1.54. The second kappa shape index (κ2) is 20.8. The van der Waals surface area contributed by atoms with Crippen molar-refractivity contribution in [3.05, 3.63) is 133 Å². The molecule has 0 aliphatic heterocycles. The standard InChI is InChI=1S/C51H72O/c1-10-19-39-25-16-28-43(46(39)22-13-4)36(7)33-42-31-32-51(52)50(35-38(9)45-30-18-27-41(21-12-3)48(45)24-15-6)49(42)34-37(8)44-29-17-26-40(20-11-2)47(44)23-14-5/h16-18,25-32,36-38,52H,10-15,19-24,33-35H2,1-9H3. The number of aryl methyl sites for hydroxylation is 3. The summed E-state index contributed by atoms with van der Waals surface area (Å²) >= 11 is 0. The molecule has 0 fully saturated rings. The Kier molecular flexibility index (Phi) is 16.6. The van der Waals surface area contributed by atoms with Crippen LogP contribution in [0.1, 0.15) is 185 Å². The Morgan fingerprint density at radius 1 is 0.365 bits per heavy atom. The van der Waals surface area contributed by atoms with Crippen LogP contribution in [0.3, 0.4) is 0 Å². The van der Waals surface area contributed by atoms with Gasteiger partial charge in [0.25, 0.3) is 0 Å². The average molecular weight is 701 g/mol. The van der Waals surface area contributed by atoms with E-state index in [1.54, 1.807) is 16.7 Å². The summed E-state index contributed by atoms with van der Waals surface area (Å²) in [6, 6.07) is 25.4. The van der Waals surface area contributed by atoms with Crippen molar-refractivity contribution in [1.82, 2.24) is 0 Å². The van der Waals surface area contributed by atoms with E-state index in [9.17, 15) is 5.11 Å². The Bertz CT molecular complexity index is 1690. The molecule has 0 heterocycles. The first-order chi connectivity index (χ1) is 25.2. The van der Waals surface area contributed by atoms with Gasteiger partial charge in [0.05, 0.1) is 0 Å². The van der Waals surface area contributed by atoms with Crippen molar-refractivity contribution in [2.45, 2.75) is 176 Å². The second-order valence-electron chi connectivity index (χ2n) is 16.0. The third kappa shape index (κ3) is 10.2. The van der Waals surface area contributed by atoms with Crippen LogP contribution in [0.25, 0.3) is 0 Å². The molecule has 0 amide bonds. The third-order valence-corrected chi connectivity index (χ3v) is 11.6. The first-order valence-corrected chi connectivity index (χ1v) is 21.4. The summed E-state index contributed by atoms with van der Waals surface area (Å²) in [5.41, 5.74) is 17.7. The SMILES string of the molecule is CCCc1cccc(C(C)Cc2ccc(O)c(CC(C)c3cccc(CCC)c3CCC)c2CC(C)c2cccc(CCC)c2CCC)c1CCC. The normalized spacial score (nSPS) is 13.3. The van der Waals surface area contributed by atoms with E-state index in [0.29, 0.717) is 23.5 Å². The fraction of sp³-hybridized carbons (Fsp3) is 0.529. The van der Waals surface area contributed by atoms with Gasteiger partial charge in [0.2, 0.25) is 0 Å². The second-order valence-corrected chi connectivity index (χ2v) is 16.0. The molecule has 4 aromatic rings. The van der Waals surface area contributed by atoms with E-state index in [0.717, 1.165) is 70.6 Å². The summed E-state index contributed by atoms with van der Waals surface area (Å²) in [6.07, 6.45) is 16.6. The Hall–Kier alpha value is -3.32. The van der Waals surface area contributed by atoms with Gasteiger partial charge in [0.15, 0.2) is 0 Å². The molecule has 282 valence electrons. The van der Waals surface area contributed by atoms with Crippen molar-refractivity contribution in [3.8, 4) is 5.75 Å². The van der Waals surface area contributed by atoms with Crippen molar-refractivity contribution >= 4 is 0 Å². The van der Waals surface area contributed by atoms with Gasteiger partial charge in [0, 0.05) is 0 Å². The molecule has 0 aliphatic carbocycles. The maximum absolute atomic E-state index is 11.8. The lowest BCUT2D eigenvalue weighted by atomic mass is 9.78. The molecule has 0 spiro atoms. The van der Waals surface area contributed by atoms with Crippen LogP contribution in [0.2, 0.25) is 0 Å². The molecule has 0 radical (unpaired) electrons. The van der Waals surface area contributed by atoms with Gasteiger partial charge in [-0.3, -0.25) is 0 Å². The summed E-state index contributed by atoms with van der Waals surface area (Å²) in [5, 5.41) is 11.8. The first-order valence-electron chi connectivity index (χ1n) is 21.4. The van der Waals surface area contributed by atoms with E-state index >= 15 is 0 Å². The van der Waals surface area contributed by atoms with E-state index in [-0.39, 0.29) is 0 Å². The first kappa shape index (κ1) is 41.4. The average Bonchev–Trinajstić information content (AvgIpc) is 3.13. The lowest BCUT2D eigenvalue weighted by molar-refractivity contribution is 0.463. The summed E-state index contributed by atoms with van der Waals surface area (Å²) in [6.45, 7) is 21.1. The fourth-order valence-corrected chi connectivity index (χ4v) is 9.20. The minimum Gasteiger partial charge on any atom is -0.508 e. The molecule has 0 aliphatic rings. The molecule has 0 saturated heterocycles. The van der Waals surface area contributed by atoms with Crippen LogP contribution in [0.15, 0.2) is 66.7 Å². The Labute approximate surface area is 319 Å². The van der Waals surface area contributed by atoms with Crippen molar-refractivity contribution in [1.29, 1.82) is 0 Å². The third-order valence-electron chi connectivity index (χ3n) is 11.6. The molecule has 0 aromatic heterocycles. The molecule has 0 bridgehead atoms. The van der Waals surface area contributed by atoms with Crippen molar-refractivity contribution < 1.29 is 5.11 Å². The van der Waals surface area contributed by atoms with Gasteiger partial charge >= 0.3 is 0 Å². The van der Waals surface area contributed by atoms with E-state index in [2.05, 4.69) is 123 Å². The van der Waals surface area contributed by atoms with Crippen LogP contribution < -0.4 is 0 Å². The van der Waals surface area contributed by atoms with E-state index in [1.165, 1.54) is 75.8 Å². The zero-order chi connectivity index (χ0) is 37.6. The van der Waals surface area contributed by atoms with Crippen molar-refractivity contribution in [2.24, 2.45) is 0 Å². The molecule has 4 aromatic carbocycles. The molecule has 1 heteroatoms. The molecule has 1 nitrogen and oxygen atoms in total. The lowest BCUT2D eigenvalue weighted by Gasteiger charge is -2.27. The van der Waals surface area contributed by atoms with Crippen LogP contribution in [-0.4, -0.2) is 5.11 Å². The largest absolute Gasteiger partial charge is 0.508 e. The number of hydrogen-bond donors (Lipinski definition) is 1. The maximum Gasteiger partial charge on any atom is 0.119 e. The van der Waals surface area contributed by atoms with Gasteiger partial charge in [-0.25, -0.2) is 0 Å². The summed E-state index contributed by atoms with van der Waals surface area (Å²) < 4.78 is 0. The smallest absolute Gasteiger partial charge is 0.119 e. The Morgan fingerprint density at radius 3 is 1.08 bits per heavy atom. The zero-order valence-corrected chi connectivity index (χ0v) is 34.6. The highest BCUT2D eigenvalue weighted by atomic mass is 16.3. The minimum absolute atomic E-state index is 0.316. The lowest BCUT2D eigenvalue weighted by Crippen LogP contribution is -2.13. The summed E-state index contributed by atoms with van der Waals surface area (Å²) in [4.78, 5) is 0. The molecule has 3 atom stereocenters. The maximum atomic E-state index is 11.8. The van der Waals surface area contributed by atoms with Gasteiger partial charge in [-0.05, 0) is 148 Å². The molecule has 0 saturated carbocycles. The topological polar surface area (TPSA) is 20.2 Å². The number of benzene rings is 4. The van der Waals surface area contributed by atoms with E-state index in [1.807, 2.05) is 6.07 Å². The number of phenols is 1. The molecule has 3 unspecified atom stereocenters. The molecular weight excluding hydrogens is 629 g/mol. The Balaban J connectivity index is 1.84. The molecular formula is C51H72O. The predicted molar refractivity (Wildman–Crippen MR) is 228 cm³/mol. The highest BCUT2D eigenvalue weighted by Gasteiger charge is 2.24. The molecule has 4 rings (SSSR count). The number of hydrogen-bond acceptors (Lipinski definition) is 1. The van der Waals surface area contributed by atoms with Gasteiger partial charge in [-0.2, -0.15) is 0 Å². The monoisotopic (exact) mass is 701 g/mol. The minimum atomic E-state index is 0.316. The van der Waals surface area contributed by atoms with Crippen LogP contribution in [0.5, 0.6) is 5.75 Å². The van der Waals surface area contributed by atoms with Gasteiger partial charge in [-0.1, -0.05) is 162 Å².